The number of benzene rings is 2. The van der Waals surface area contributed by atoms with Gasteiger partial charge in [0, 0.05) is 52.3 Å². The van der Waals surface area contributed by atoms with Crippen molar-refractivity contribution in [2.75, 3.05) is 26.3 Å². The van der Waals surface area contributed by atoms with Gasteiger partial charge in [-0.1, -0.05) is 36.4 Å². The van der Waals surface area contributed by atoms with Gasteiger partial charge in [0.15, 0.2) is 0 Å². The number of para-hydroxylation sites is 2. The molecule has 1 atom stereocenters. The van der Waals surface area contributed by atoms with Crippen molar-refractivity contribution in [1.82, 2.24) is 14.9 Å². The summed E-state index contributed by atoms with van der Waals surface area (Å²) in [6, 6.07) is 17.4. The van der Waals surface area contributed by atoms with Crippen LogP contribution >= 0.6 is 0 Å². The van der Waals surface area contributed by atoms with Gasteiger partial charge < -0.3 is 14.7 Å². The summed E-state index contributed by atoms with van der Waals surface area (Å²) < 4.78 is 5.63. The Morgan fingerprint density at radius 1 is 0.923 bits per heavy atom. The molecule has 0 radical (unpaired) electrons. The minimum Gasteiger partial charge on any atom is -0.379 e. The molecule has 1 fully saturated rings. The van der Waals surface area contributed by atoms with E-state index in [1.807, 2.05) is 0 Å². The Bertz CT molecular complexity index is 1060. The van der Waals surface area contributed by atoms with E-state index in [0.717, 1.165) is 26.3 Å². The monoisotopic (exact) mass is 345 g/mol. The van der Waals surface area contributed by atoms with Crippen LogP contribution in [0.15, 0.2) is 54.7 Å². The van der Waals surface area contributed by atoms with Crippen molar-refractivity contribution >= 4 is 21.8 Å². The number of rotatable bonds is 3. The molecular weight excluding hydrogens is 322 g/mol. The number of nitrogens with one attached hydrogen (secondary N) is 2. The highest BCUT2D eigenvalue weighted by atomic mass is 16.5. The Morgan fingerprint density at radius 3 is 2.42 bits per heavy atom. The fraction of sp³-hybridized carbons (Fsp3) is 0.273. The number of fused-ring (bicyclic) bond motifs is 2. The van der Waals surface area contributed by atoms with Gasteiger partial charge in [-0.2, -0.15) is 0 Å². The van der Waals surface area contributed by atoms with Crippen LogP contribution in [0.5, 0.6) is 0 Å². The van der Waals surface area contributed by atoms with Crippen molar-refractivity contribution in [2.45, 2.75) is 13.0 Å². The Labute approximate surface area is 152 Å². The van der Waals surface area contributed by atoms with Gasteiger partial charge in [0.25, 0.3) is 0 Å². The Balaban J connectivity index is 1.75. The molecular formula is C22H23N3O. The maximum absolute atomic E-state index is 5.63. The van der Waals surface area contributed by atoms with E-state index in [9.17, 15) is 0 Å². The molecule has 0 amide bonds. The van der Waals surface area contributed by atoms with E-state index in [0.29, 0.717) is 0 Å². The largest absolute Gasteiger partial charge is 0.379 e. The van der Waals surface area contributed by atoms with Gasteiger partial charge in [0.05, 0.1) is 19.3 Å². The number of H-pyrrole nitrogens is 2. The van der Waals surface area contributed by atoms with E-state index in [-0.39, 0.29) is 6.04 Å². The molecule has 3 heterocycles. The quantitative estimate of drug-likeness (QED) is 0.579. The average molecular weight is 345 g/mol. The molecule has 5 rings (SSSR count). The van der Waals surface area contributed by atoms with Crippen molar-refractivity contribution in [2.24, 2.45) is 0 Å². The SMILES string of the molecule is Cc1[nH]c2ccccc2c1C(c1c[nH]c2ccccc12)N1CCOCC1. The molecule has 0 bridgehead atoms. The second-order valence-electron chi connectivity index (χ2n) is 7.05. The van der Waals surface area contributed by atoms with Crippen molar-refractivity contribution in [3.8, 4) is 0 Å². The molecule has 1 unspecified atom stereocenters. The first-order valence-corrected chi connectivity index (χ1v) is 9.28. The molecule has 0 saturated carbocycles. The predicted molar refractivity (Wildman–Crippen MR) is 106 cm³/mol. The zero-order valence-corrected chi connectivity index (χ0v) is 15.0. The molecule has 132 valence electrons. The van der Waals surface area contributed by atoms with Crippen LogP contribution in [0.25, 0.3) is 21.8 Å². The lowest BCUT2D eigenvalue weighted by atomic mass is 9.94. The number of nitrogens with zero attached hydrogens (tertiary/aromatic N) is 1. The maximum atomic E-state index is 5.63. The Kier molecular flexibility index (Phi) is 3.80. The number of hydrogen-bond acceptors (Lipinski definition) is 2. The molecule has 0 spiro atoms. The molecule has 1 aliphatic heterocycles. The first-order chi connectivity index (χ1) is 12.8. The van der Waals surface area contributed by atoms with Crippen LogP contribution in [0.4, 0.5) is 0 Å². The first kappa shape index (κ1) is 15.7. The standard InChI is InChI=1S/C22H23N3O/c1-15-21(17-7-3-5-9-20(17)24-15)22(25-10-12-26-13-11-25)18-14-23-19-8-4-2-6-16(18)19/h2-9,14,22-24H,10-13H2,1H3. The van der Waals surface area contributed by atoms with Gasteiger partial charge in [-0.25, -0.2) is 0 Å². The second-order valence-corrected chi connectivity index (χ2v) is 7.05. The van der Waals surface area contributed by atoms with E-state index < -0.39 is 0 Å². The number of aryl methyl sites for hydroxylation is 1. The minimum atomic E-state index is 0.214. The van der Waals surface area contributed by atoms with E-state index in [1.165, 1.54) is 38.6 Å². The van der Waals surface area contributed by atoms with Crippen molar-refractivity contribution in [1.29, 1.82) is 0 Å². The number of aromatic nitrogens is 2. The smallest absolute Gasteiger partial charge is 0.0648 e. The van der Waals surface area contributed by atoms with E-state index >= 15 is 0 Å². The van der Waals surface area contributed by atoms with Gasteiger partial charge in [-0.05, 0) is 24.6 Å². The number of ether oxygens (including phenoxy) is 1. The van der Waals surface area contributed by atoms with Crippen LogP contribution in [0.3, 0.4) is 0 Å². The van der Waals surface area contributed by atoms with Crippen LogP contribution in [-0.2, 0) is 4.74 Å². The summed E-state index contributed by atoms with van der Waals surface area (Å²) in [5, 5.41) is 2.61. The van der Waals surface area contributed by atoms with Crippen LogP contribution in [-0.4, -0.2) is 41.2 Å². The highest BCUT2D eigenvalue weighted by molar-refractivity contribution is 5.88. The Hall–Kier alpha value is -2.56. The molecule has 4 heteroatoms. The van der Waals surface area contributed by atoms with Crippen LogP contribution in [0.1, 0.15) is 22.9 Å². The molecule has 1 saturated heterocycles. The highest BCUT2D eigenvalue weighted by Gasteiger charge is 2.29. The fourth-order valence-electron chi connectivity index (χ4n) is 4.34. The molecule has 2 aromatic heterocycles. The molecule has 2 N–H and O–H groups in total. The van der Waals surface area contributed by atoms with Crippen molar-refractivity contribution < 1.29 is 4.74 Å². The average Bonchev–Trinajstić information content (AvgIpc) is 3.25. The molecule has 2 aromatic carbocycles. The Morgan fingerprint density at radius 2 is 1.62 bits per heavy atom. The van der Waals surface area contributed by atoms with Gasteiger partial charge in [-0.3, -0.25) is 4.90 Å². The first-order valence-electron chi connectivity index (χ1n) is 9.28. The van der Waals surface area contributed by atoms with E-state index in [1.54, 1.807) is 0 Å². The highest BCUT2D eigenvalue weighted by Crippen LogP contribution is 2.39. The third-order valence-corrected chi connectivity index (χ3v) is 5.54. The third kappa shape index (κ3) is 2.45. The van der Waals surface area contributed by atoms with E-state index in [4.69, 9.17) is 4.74 Å². The van der Waals surface area contributed by atoms with Gasteiger partial charge in [-0.15, -0.1) is 0 Å². The van der Waals surface area contributed by atoms with Gasteiger partial charge >= 0.3 is 0 Å². The van der Waals surface area contributed by atoms with Crippen LogP contribution in [0.2, 0.25) is 0 Å². The maximum Gasteiger partial charge on any atom is 0.0648 e. The number of hydrogen-bond donors (Lipinski definition) is 2. The van der Waals surface area contributed by atoms with Crippen LogP contribution in [0, 0.1) is 6.92 Å². The lowest BCUT2D eigenvalue weighted by Crippen LogP contribution is -2.39. The minimum absolute atomic E-state index is 0.214. The number of morpholine rings is 1. The zero-order valence-electron chi connectivity index (χ0n) is 15.0. The lowest BCUT2D eigenvalue weighted by Gasteiger charge is -2.35. The lowest BCUT2D eigenvalue weighted by molar-refractivity contribution is 0.0243. The molecule has 0 aliphatic carbocycles. The summed E-state index contributed by atoms with van der Waals surface area (Å²) in [5.74, 6) is 0. The summed E-state index contributed by atoms with van der Waals surface area (Å²) in [5.41, 5.74) is 6.37. The summed E-state index contributed by atoms with van der Waals surface area (Å²) in [6.07, 6.45) is 2.19. The summed E-state index contributed by atoms with van der Waals surface area (Å²) in [7, 11) is 0. The van der Waals surface area contributed by atoms with E-state index in [2.05, 4.69) is 76.5 Å². The normalized spacial score (nSPS) is 17.1. The zero-order chi connectivity index (χ0) is 17.5. The van der Waals surface area contributed by atoms with Crippen molar-refractivity contribution in [3.05, 3.63) is 71.5 Å². The van der Waals surface area contributed by atoms with Crippen molar-refractivity contribution in [3.63, 3.8) is 0 Å². The summed E-state index contributed by atoms with van der Waals surface area (Å²) >= 11 is 0. The second kappa shape index (κ2) is 6.31. The summed E-state index contributed by atoms with van der Waals surface area (Å²) in [4.78, 5) is 9.61. The third-order valence-electron chi connectivity index (χ3n) is 5.54. The van der Waals surface area contributed by atoms with Gasteiger partial charge in [0.2, 0.25) is 0 Å². The molecule has 4 nitrogen and oxygen atoms in total. The topological polar surface area (TPSA) is 44.0 Å². The van der Waals surface area contributed by atoms with Gasteiger partial charge in [0.1, 0.15) is 0 Å². The molecule has 26 heavy (non-hydrogen) atoms. The molecule has 1 aliphatic rings. The predicted octanol–water partition coefficient (Wildman–Crippen LogP) is 4.38. The number of aromatic amines is 2. The molecule has 4 aromatic rings. The summed E-state index contributed by atoms with van der Waals surface area (Å²) in [6.45, 7) is 5.67. The van der Waals surface area contributed by atoms with Crippen LogP contribution < -0.4 is 0 Å². The fourth-order valence-corrected chi connectivity index (χ4v) is 4.34.